The first kappa shape index (κ1) is 58.9. The number of fused-ring (bicyclic) bond motifs is 2. The van der Waals surface area contributed by atoms with Crippen molar-refractivity contribution in [2.24, 2.45) is 22.9 Å². The van der Waals surface area contributed by atoms with Crippen LogP contribution in [0.3, 0.4) is 0 Å². The second kappa shape index (κ2) is 24.8. The molecule has 1 aliphatic carbocycles. The number of hydrogen-bond donors (Lipinski definition) is 6. The fourth-order valence-electron chi connectivity index (χ4n) is 11.1. The molecule has 0 unspecified atom stereocenters. The van der Waals surface area contributed by atoms with Crippen LogP contribution in [-0.4, -0.2) is 199 Å². The number of oxime groups is 1. The van der Waals surface area contributed by atoms with Crippen molar-refractivity contribution < 1.29 is 77.9 Å². The number of ether oxygens (including phenoxy) is 7. The summed E-state index contributed by atoms with van der Waals surface area (Å²) in [5.74, 6) is -5.23. The largest absolute Gasteiger partial charge is 0.477 e. The van der Waals surface area contributed by atoms with Gasteiger partial charge in [-0.15, -0.1) is 0 Å². The van der Waals surface area contributed by atoms with E-state index in [2.05, 4.69) is 10.5 Å². The van der Waals surface area contributed by atoms with Gasteiger partial charge < -0.3 is 78.8 Å². The average molecular weight is 1050 g/mol. The average Bonchev–Trinajstić information content (AvgIpc) is 3.33. The zero-order chi connectivity index (χ0) is 54.6. The van der Waals surface area contributed by atoms with E-state index in [0.717, 1.165) is 5.56 Å². The molecule has 1 aromatic carbocycles. The van der Waals surface area contributed by atoms with Crippen LogP contribution in [0, 0.1) is 17.8 Å². The normalized spacial score (nSPS) is 36.7. The number of nitrogens with one attached hydrogen (secondary N) is 1. The van der Waals surface area contributed by atoms with Gasteiger partial charge in [0.1, 0.15) is 42.7 Å². The third-order valence-corrected chi connectivity index (χ3v) is 15.4. The molecule has 1 saturated carbocycles. The molecule has 4 fully saturated rings. The summed E-state index contributed by atoms with van der Waals surface area (Å²) in [6.45, 7) is 11.1. The van der Waals surface area contributed by atoms with Crippen molar-refractivity contribution in [3.8, 4) is 0 Å². The zero-order valence-corrected chi connectivity index (χ0v) is 45.0. The van der Waals surface area contributed by atoms with E-state index >= 15 is 0 Å². The van der Waals surface area contributed by atoms with Crippen LogP contribution in [0.4, 0.5) is 0 Å². The van der Waals surface area contributed by atoms with Gasteiger partial charge in [0.25, 0.3) is 0 Å². The van der Waals surface area contributed by atoms with Crippen molar-refractivity contribution in [1.29, 1.82) is 0 Å². The number of likely N-dealkylation sites (N-methyl/N-ethyl adjacent to an activating group) is 1. The molecule has 0 bridgehead atoms. The van der Waals surface area contributed by atoms with Crippen LogP contribution in [0.15, 0.2) is 34.3 Å². The molecule has 6 N–H and O–H groups in total. The van der Waals surface area contributed by atoms with Crippen LogP contribution < -0.4 is 15.8 Å². The molecule has 22 nitrogen and oxygen atoms in total. The second-order valence-corrected chi connectivity index (χ2v) is 21.5. The highest BCUT2D eigenvalue weighted by Gasteiger charge is 2.58. The topological polar surface area (TPSA) is 279 Å². The first-order chi connectivity index (χ1) is 34.8. The minimum Gasteiger partial charge on any atom is -0.477 e. The van der Waals surface area contributed by atoms with E-state index in [1.54, 1.807) is 70.5 Å². The molecule has 0 amide bonds. The fourth-order valence-corrected chi connectivity index (χ4v) is 11.1. The summed E-state index contributed by atoms with van der Waals surface area (Å²) in [7, 11) is 9.99. The maximum Gasteiger partial charge on any atom is 0.341 e. The highest BCUT2D eigenvalue weighted by molar-refractivity contribution is 5.93. The van der Waals surface area contributed by atoms with Crippen LogP contribution in [-0.2, 0) is 54.0 Å². The second-order valence-electron chi connectivity index (χ2n) is 21.5. The quantitative estimate of drug-likeness (QED) is 0.0750. The Hall–Kier alpha value is -4.33. The maximum atomic E-state index is 14.3. The number of aryl methyl sites for hydroxylation is 1. The summed E-state index contributed by atoms with van der Waals surface area (Å²) in [6.07, 6.45) is -7.63. The number of esters is 2. The lowest BCUT2D eigenvalue weighted by molar-refractivity contribution is -0.311. The molecule has 17 atom stereocenters. The van der Waals surface area contributed by atoms with Crippen molar-refractivity contribution in [3.05, 3.63) is 45.7 Å². The summed E-state index contributed by atoms with van der Waals surface area (Å²) in [4.78, 5) is 59.4. The molecular formula is C52H81N5O17. The van der Waals surface area contributed by atoms with Crippen LogP contribution in [0.1, 0.15) is 102 Å². The Labute approximate surface area is 433 Å². The molecule has 4 aliphatic rings. The minimum atomic E-state index is -1.90. The summed E-state index contributed by atoms with van der Waals surface area (Å²) in [5.41, 5.74) is -3.08. The predicted molar refractivity (Wildman–Crippen MR) is 270 cm³/mol. The monoisotopic (exact) mass is 1050 g/mol. The summed E-state index contributed by atoms with van der Waals surface area (Å²) in [6, 6.07) is 5.07. The summed E-state index contributed by atoms with van der Waals surface area (Å²) in [5, 5.41) is 66.8. The summed E-state index contributed by atoms with van der Waals surface area (Å²) < 4.78 is 45.5. The van der Waals surface area contributed by atoms with E-state index in [4.69, 9.17) is 38.0 Å². The van der Waals surface area contributed by atoms with Gasteiger partial charge in [-0.05, 0) is 105 Å². The predicted octanol–water partition coefficient (Wildman–Crippen LogP) is 1.93. The van der Waals surface area contributed by atoms with Gasteiger partial charge in [-0.1, -0.05) is 25.1 Å². The van der Waals surface area contributed by atoms with E-state index in [0.29, 0.717) is 43.3 Å². The third-order valence-electron chi connectivity index (χ3n) is 15.4. The van der Waals surface area contributed by atoms with Gasteiger partial charge >= 0.3 is 17.9 Å². The Balaban J connectivity index is 1.14. The van der Waals surface area contributed by atoms with E-state index in [-0.39, 0.29) is 55.5 Å². The fraction of sp³-hybridized carbons (Fsp3) is 0.750. The third kappa shape index (κ3) is 13.1. The molecule has 0 spiro atoms. The van der Waals surface area contributed by atoms with E-state index in [1.807, 2.05) is 32.0 Å². The number of carbonyl (C=O) groups excluding carboxylic acids is 2. The Morgan fingerprint density at radius 3 is 2.31 bits per heavy atom. The highest BCUT2D eigenvalue weighted by atomic mass is 16.7. The van der Waals surface area contributed by atoms with E-state index in [1.165, 1.54) is 20.4 Å². The number of carboxylic acids is 1. The van der Waals surface area contributed by atoms with Gasteiger partial charge in [0.2, 0.25) is 5.43 Å². The first-order valence-electron chi connectivity index (χ1n) is 25.8. The maximum absolute atomic E-state index is 14.3. The molecule has 1 aromatic heterocycles. The standard InChI is InChI=1S/C52H81N5O17/c1-27-25-51(6,65)47(74-50-43(60)36(55(7)8)22-28(2)69-50)29(3)44(30(4)49(64)71-38-17-19-52(38,66)46(61)41(27)54-68-12)73-40-24-37(67-11)45(31(5)70-40)72-39(58)18-21-53-20-13-14-32-15-16-35-33(23-32)42(59)34(48(62)63)26-57(35)56(9)10/h15-16,23,26-31,36-38,40,43-47,50,53,60-61,65-66H,13-14,17-22,24-25H2,1-12H3,(H,62,63)/b54-41+/t27-,28-,29+,30-,31+,36+,37-,38-,40+,43-,44+,45+,46-,47-,50+,51-,52-/m1/s1. The van der Waals surface area contributed by atoms with Gasteiger partial charge in [-0.3, -0.25) is 19.1 Å². The lowest BCUT2D eigenvalue weighted by Crippen LogP contribution is -2.64. The van der Waals surface area contributed by atoms with E-state index < -0.39 is 114 Å². The van der Waals surface area contributed by atoms with Crippen molar-refractivity contribution in [2.75, 3.05) is 60.5 Å². The van der Waals surface area contributed by atoms with Crippen molar-refractivity contribution in [3.63, 3.8) is 0 Å². The van der Waals surface area contributed by atoms with Gasteiger partial charge in [0.15, 0.2) is 18.7 Å². The van der Waals surface area contributed by atoms with Crippen molar-refractivity contribution in [1.82, 2.24) is 14.9 Å². The molecule has 3 aliphatic heterocycles. The SMILES string of the molecule is CO/N=C1\[C@H](C)C[C@@](C)(O)[C@H](O[C@@H]2O[C@H](C)C[C@H](N(C)C)[C@H]2O)[C@@H](C)[C@H](O[C@H]2C[C@@H](OC)[C@@H](OC(=O)CCNCCCc3ccc4c(c3)c(=O)c(C(=O)O)cn4N(C)C)[C@H](C)O2)[C@@H](C)C(=O)O[C@@H]2CC[C@]2(O)[C@@H]1O. The molecule has 0 radical (unpaired) electrons. The number of aliphatic hydroxyl groups is 4. The smallest absolute Gasteiger partial charge is 0.341 e. The number of carboxylic acid groups (broad SMARTS) is 1. The molecule has 74 heavy (non-hydrogen) atoms. The molecule has 22 heteroatoms. The molecule has 416 valence electrons. The molecule has 4 heterocycles. The molecule has 2 aromatic rings. The minimum absolute atomic E-state index is 0.0356. The number of aromatic nitrogens is 1. The number of hydrogen-bond acceptors (Lipinski definition) is 20. The number of rotatable bonds is 17. The van der Waals surface area contributed by atoms with Crippen LogP contribution in [0.25, 0.3) is 10.9 Å². The Bertz CT molecular complexity index is 2350. The van der Waals surface area contributed by atoms with Crippen LogP contribution >= 0.6 is 0 Å². The molecular weight excluding hydrogens is 967 g/mol. The van der Waals surface area contributed by atoms with Crippen molar-refractivity contribution in [2.45, 2.75) is 178 Å². The van der Waals surface area contributed by atoms with E-state index in [9.17, 15) is 44.7 Å². The first-order valence-corrected chi connectivity index (χ1v) is 25.8. The Morgan fingerprint density at radius 2 is 1.69 bits per heavy atom. The van der Waals surface area contributed by atoms with Crippen LogP contribution in [0.5, 0.6) is 0 Å². The number of aromatic carboxylic acids is 1. The number of aliphatic hydroxyl groups excluding tert-OH is 2. The van der Waals surface area contributed by atoms with Gasteiger partial charge in [-0.25, -0.2) is 4.79 Å². The number of methoxy groups -OCH3 is 1. The lowest BCUT2D eigenvalue weighted by Gasteiger charge is -2.48. The van der Waals surface area contributed by atoms with Gasteiger partial charge in [-0.2, -0.15) is 0 Å². The number of pyridine rings is 1. The Kier molecular flexibility index (Phi) is 19.7. The number of nitrogens with zero attached hydrogens (tertiary/aromatic N) is 4. The highest BCUT2D eigenvalue weighted by Crippen LogP contribution is 2.43. The number of carbonyl (C=O) groups is 3. The van der Waals surface area contributed by atoms with Gasteiger partial charge in [0.05, 0.1) is 53.6 Å². The van der Waals surface area contributed by atoms with Gasteiger partial charge in [0, 0.05) is 63.6 Å². The lowest BCUT2D eigenvalue weighted by atomic mass is 9.69. The Morgan fingerprint density at radius 1 is 0.973 bits per heavy atom. The number of benzene rings is 1. The summed E-state index contributed by atoms with van der Waals surface area (Å²) >= 11 is 0. The molecule has 3 saturated heterocycles. The zero-order valence-electron chi connectivity index (χ0n) is 45.0. The van der Waals surface area contributed by atoms with Crippen LogP contribution in [0.2, 0.25) is 0 Å². The van der Waals surface area contributed by atoms with Crippen molar-refractivity contribution >= 4 is 34.5 Å². The molecule has 6 rings (SSSR count).